The zero-order valence-corrected chi connectivity index (χ0v) is 17.6. The van der Waals surface area contributed by atoms with Crippen molar-refractivity contribution in [1.29, 1.82) is 0 Å². The predicted octanol–water partition coefficient (Wildman–Crippen LogP) is 3.67. The molecule has 26 heavy (non-hydrogen) atoms. The van der Waals surface area contributed by atoms with E-state index in [4.69, 9.17) is 9.47 Å². The van der Waals surface area contributed by atoms with Crippen LogP contribution in [0.2, 0.25) is 0 Å². The summed E-state index contributed by atoms with van der Waals surface area (Å²) in [6, 6.07) is 16.6. The molecule has 0 amide bonds. The van der Waals surface area contributed by atoms with E-state index in [1.807, 2.05) is 12.1 Å². The summed E-state index contributed by atoms with van der Waals surface area (Å²) in [7, 11) is 0. The maximum atomic E-state index is 12.5. The fourth-order valence-electron chi connectivity index (χ4n) is 3.65. The van der Waals surface area contributed by atoms with Crippen molar-refractivity contribution in [2.75, 3.05) is 0 Å². The molecule has 0 radical (unpaired) electrons. The molecule has 2 aliphatic heterocycles. The number of fused-ring (bicyclic) bond motifs is 6. The summed E-state index contributed by atoms with van der Waals surface area (Å²) in [6.45, 7) is 0. The SMILES string of the molecule is O=C1OC2(c3ccc(O)cc3Oc3cc(O)ccc32)c2ccccc21.[U]. The van der Waals surface area contributed by atoms with Crippen molar-refractivity contribution in [1.82, 2.24) is 0 Å². The summed E-state index contributed by atoms with van der Waals surface area (Å²) in [5.74, 6) is 0.408. The Kier molecular flexibility index (Phi) is 3.80. The smallest absolute Gasteiger partial charge is 0.340 e. The van der Waals surface area contributed by atoms with E-state index >= 15 is 0 Å². The molecule has 1 spiro atoms. The molecule has 5 nitrogen and oxygen atoms in total. The van der Waals surface area contributed by atoms with Crippen LogP contribution in [-0.2, 0) is 10.3 Å². The topological polar surface area (TPSA) is 76.0 Å². The number of esters is 1. The molecule has 126 valence electrons. The molecule has 2 N–H and O–H groups in total. The average molecular weight is 570 g/mol. The van der Waals surface area contributed by atoms with Crippen molar-refractivity contribution in [3.63, 3.8) is 0 Å². The maximum absolute atomic E-state index is 12.5. The molecular formula is C20H12O5U. The molecule has 0 saturated heterocycles. The van der Waals surface area contributed by atoms with Crippen LogP contribution in [0.15, 0.2) is 60.7 Å². The number of hydrogen-bond donors (Lipinski definition) is 2. The van der Waals surface area contributed by atoms with Crippen molar-refractivity contribution >= 4 is 5.97 Å². The standard InChI is InChI=1S/C20H12O5.U/c21-11-5-7-15-17(9-11)24-18-10-12(22)6-8-16(18)20(15)14-4-2-1-3-13(14)19(23)25-20;/h1-10,21-22H;. The van der Waals surface area contributed by atoms with E-state index in [0.29, 0.717) is 33.8 Å². The minimum absolute atomic E-state index is 0. The number of phenolic OH excluding ortho intramolecular Hbond substituents is 2. The Hall–Kier alpha value is -2.42. The van der Waals surface area contributed by atoms with Gasteiger partial charge in [0.05, 0.1) is 5.56 Å². The van der Waals surface area contributed by atoms with E-state index in [1.54, 1.807) is 24.3 Å². The van der Waals surface area contributed by atoms with Gasteiger partial charge in [-0.1, -0.05) is 18.2 Å². The van der Waals surface area contributed by atoms with Crippen LogP contribution in [0.4, 0.5) is 0 Å². The molecule has 6 heteroatoms. The zero-order valence-electron chi connectivity index (χ0n) is 13.4. The van der Waals surface area contributed by atoms with E-state index in [9.17, 15) is 15.0 Å². The van der Waals surface area contributed by atoms with Gasteiger partial charge in [-0.3, -0.25) is 0 Å². The largest absolute Gasteiger partial charge is 0.508 e. The van der Waals surface area contributed by atoms with Crippen LogP contribution < -0.4 is 4.74 Å². The molecule has 2 aliphatic rings. The van der Waals surface area contributed by atoms with Crippen molar-refractivity contribution in [2.24, 2.45) is 0 Å². The Morgan fingerprint density at radius 2 is 1.35 bits per heavy atom. The van der Waals surface area contributed by atoms with Crippen molar-refractivity contribution in [3.8, 4) is 23.0 Å². The van der Waals surface area contributed by atoms with Gasteiger partial charge in [0.2, 0.25) is 0 Å². The molecule has 0 fully saturated rings. The first kappa shape index (κ1) is 17.0. The molecule has 2 heterocycles. The zero-order chi connectivity index (χ0) is 17.2. The number of aromatic hydroxyl groups is 2. The van der Waals surface area contributed by atoms with Crippen LogP contribution in [-0.4, -0.2) is 16.2 Å². The minimum Gasteiger partial charge on any atom is -0.508 e. The number of carbonyl (C=O) groups excluding carboxylic acids is 1. The number of phenols is 2. The quantitative estimate of drug-likeness (QED) is 0.404. The maximum Gasteiger partial charge on any atom is 0.340 e. The minimum atomic E-state index is -1.17. The molecular weight excluding hydrogens is 558 g/mol. The number of carbonyl (C=O) groups is 1. The van der Waals surface area contributed by atoms with Gasteiger partial charge in [0.15, 0.2) is 5.60 Å². The third kappa shape index (κ3) is 2.13. The van der Waals surface area contributed by atoms with Gasteiger partial charge in [-0.05, 0) is 30.3 Å². The second-order valence-corrected chi connectivity index (χ2v) is 6.08. The Bertz CT molecular complexity index is 1010. The van der Waals surface area contributed by atoms with Crippen molar-refractivity contribution < 1.29 is 55.6 Å². The molecule has 0 atom stereocenters. The number of rotatable bonds is 0. The Morgan fingerprint density at radius 1 is 0.769 bits per heavy atom. The molecule has 0 aromatic heterocycles. The van der Waals surface area contributed by atoms with Gasteiger partial charge in [0, 0.05) is 59.9 Å². The van der Waals surface area contributed by atoms with Gasteiger partial charge in [-0.25, -0.2) is 4.79 Å². The van der Waals surface area contributed by atoms with E-state index < -0.39 is 11.6 Å². The van der Waals surface area contributed by atoms with E-state index in [1.165, 1.54) is 24.3 Å². The van der Waals surface area contributed by atoms with E-state index in [0.717, 1.165) is 0 Å². The molecule has 5 rings (SSSR count). The molecule has 0 bridgehead atoms. The van der Waals surface area contributed by atoms with E-state index in [-0.39, 0.29) is 42.6 Å². The summed E-state index contributed by atoms with van der Waals surface area (Å²) >= 11 is 0. The number of hydrogen-bond acceptors (Lipinski definition) is 5. The molecule has 3 aromatic carbocycles. The van der Waals surface area contributed by atoms with Crippen molar-refractivity contribution in [2.45, 2.75) is 5.60 Å². The van der Waals surface area contributed by atoms with Crippen LogP contribution in [0, 0.1) is 31.1 Å². The monoisotopic (exact) mass is 570 g/mol. The summed E-state index contributed by atoms with van der Waals surface area (Å²) in [6.07, 6.45) is 0. The Morgan fingerprint density at radius 3 is 1.96 bits per heavy atom. The second-order valence-electron chi connectivity index (χ2n) is 6.08. The van der Waals surface area contributed by atoms with Gasteiger partial charge >= 0.3 is 5.97 Å². The van der Waals surface area contributed by atoms with Crippen LogP contribution >= 0.6 is 0 Å². The Balaban J connectivity index is 0.00000168. The summed E-state index contributed by atoms with van der Waals surface area (Å²) < 4.78 is 11.8. The Labute approximate surface area is 172 Å². The number of benzene rings is 3. The predicted molar refractivity (Wildman–Crippen MR) is 88.0 cm³/mol. The van der Waals surface area contributed by atoms with Crippen LogP contribution in [0.5, 0.6) is 23.0 Å². The third-order valence-electron chi connectivity index (χ3n) is 4.68. The average Bonchev–Trinajstić information content (AvgIpc) is 2.88. The summed E-state index contributed by atoms with van der Waals surface area (Å²) in [5, 5.41) is 19.7. The van der Waals surface area contributed by atoms with Gasteiger partial charge in [0.1, 0.15) is 23.0 Å². The summed E-state index contributed by atoms with van der Waals surface area (Å²) in [4.78, 5) is 12.5. The van der Waals surface area contributed by atoms with Gasteiger partial charge in [0.25, 0.3) is 0 Å². The number of ether oxygens (including phenoxy) is 2. The fourth-order valence-corrected chi connectivity index (χ4v) is 3.65. The third-order valence-corrected chi connectivity index (χ3v) is 4.68. The normalized spacial score (nSPS) is 15.2. The fraction of sp³-hybridized carbons (Fsp3) is 0.0500. The van der Waals surface area contributed by atoms with Crippen LogP contribution in [0.1, 0.15) is 27.0 Å². The van der Waals surface area contributed by atoms with Crippen molar-refractivity contribution in [3.05, 3.63) is 82.9 Å². The van der Waals surface area contributed by atoms with Gasteiger partial charge in [-0.2, -0.15) is 0 Å². The molecule has 0 saturated carbocycles. The van der Waals surface area contributed by atoms with E-state index in [2.05, 4.69) is 0 Å². The first-order valence-electron chi connectivity index (χ1n) is 7.77. The first-order chi connectivity index (χ1) is 12.1. The van der Waals surface area contributed by atoms with Crippen LogP contribution in [0.25, 0.3) is 0 Å². The molecule has 3 aromatic rings. The molecule has 0 unspecified atom stereocenters. The summed E-state index contributed by atoms with van der Waals surface area (Å²) in [5.41, 5.74) is 1.28. The van der Waals surface area contributed by atoms with Gasteiger partial charge < -0.3 is 19.7 Å². The van der Waals surface area contributed by atoms with Crippen LogP contribution in [0.3, 0.4) is 0 Å². The van der Waals surface area contributed by atoms with Gasteiger partial charge in [-0.15, -0.1) is 0 Å². The molecule has 0 aliphatic carbocycles. The first-order valence-corrected chi connectivity index (χ1v) is 7.77. The second kappa shape index (κ2) is 5.80.